The zero-order valence-electron chi connectivity index (χ0n) is 19.0. The summed E-state index contributed by atoms with van der Waals surface area (Å²) in [5, 5.41) is 0.465. The Balaban J connectivity index is 2.82. The van der Waals surface area contributed by atoms with Crippen molar-refractivity contribution in [1.29, 1.82) is 0 Å². The molecule has 1 aromatic carbocycles. The van der Waals surface area contributed by atoms with Crippen LogP contribution >= 0.6 is 12.6 Å². The summed E-state index contributed by atoms with van der Waals surface area (Å²) in [4.78, 5) is 16.5. The highest BCUT2D eigenvalue weighted by Crippen LogP contribution is 2.36. The second kappa shape index (κ2) is 10.6. The largest absolute Gasteiger partial charge is 0.415 e. The molecule has 0 N–H and O–H groups in total. The fraction of sp³-hybridized carbons (Fsp3) is 0.591. The Kier molecular flexibility index (Phi) is 9.43. The van der Waals surface area contributed by atoms with Gasteiger partial charge in [0.2, 0.25) is 0 Å². The lowest BCUT2D eigenvalue weighted by molar-refractivity contribution is 0.139. The van der Waals surface area contributed by atoms with Crippen LogP contribution < -0.4 is 0 Å². The molecule has 0 aliphatic heterocycles. The van der Waals surface area contributed by atoms with Gasteiger partial charge < -0.3 is 9.33 Å². The molecule has 0 unspecified atom stereocenters. The van der Waals surface area contributed by atoms with Crippen LogP contribution in [-0.4, -0.2) is 49.9 Å². The van der Waals surface area contributed by atoms with Crippen molar-refractivity contribution in [3.63, 3.8) is 0 Å². The molecule has 29 heavy (non-hydrogen) atoms. The Morgan fingerprint density at radius 1 is 1.24 bits per heavy atom. The predicted molar refractivity (Wildman–Crippen MR) is 125 cm³/mol. The van der Waals surface area contributed by atoms with Crippen LogP contribution in [0.5, 0.6) is 0 Å². The summed E-state index contributed by atoms with van der Waals surface area (Å²) < 4.78 is 20.2. The van der Waals surface area contributed by atoms with Gasteiger partial charge in [0.25, 0.3) is 0 Å². The van der Waals surface area contributed by atoms with E-state index in [4.69, 9.17) is 4.43 Å². The minimum absolute atomic E-state index is 0.00541. The highest BCUT2D eigenvalue weighted by Gasteiger charge is 2.37. The van der Waals surface area contributed by atoms with Gasteiger partial charge in [-0.25, -0.2) is 9.18 Å². The number of halogens is 1. The van der Waals surface area contributed by atoms with E-state index in [2.05, 4.69) is 53.1 Å². The first-order chi connectivity index (χ1) is 13.3. The van der Waals surface area contributed by atoms with Crippen LogP contribution in [0.4, 0.5) is 9.18 Å². The van der Waals surface area contributed by atoms with E-state index in [0.29, 0.717) is 36.7 Å². The Bertz CT molecular complexity index is 704. The van der Waals surface area contributed by atoms with Crippen molar-refractivity contribution in [3.05, 3.63) is 47.3 Å². The molecule has 1 rings (SSSR count). The summed E-state index contributed by atoms with van der Waals surface area (Å²) in [7, 11) is -1.88. The van der Waals surface area contributed by atoms with Gasteiger partial charge >= 0.3 is 6.03 Å². The highest BCUT2D eigenvalue weighted by atomic mass is 32.1. The molecule has 0 aliphatic carbocycles. The monoisotopic (exact) mass is 440 g/mol. The van der Waals surface area contributed by atoms with Crippen LogP contribution in [0.25, 0.3) is 0 Å². The molecule has 0 saturated carbocycles. The quantitative estimate of drug-likeness (QED) is 0.382. The van der Waals surface area contributed by atoms with E-state index >= 15 is 0 Å². The van der Waals surface area contributed by atoms with Crippen molar-refractivity contribution < 1.29 is 13.6 Å². The molecule has 0 spiro atoms. The smallest absolute Gasteiger partial charge is 0.325 e. The Morgan fingerprint density at radius 2 is 1.83 bits per heavy atom. The van der Waals surface area contributed by atoms with E-state index in [1.807, 2.05) is 13.8 Å². The van der Waals surface area contributed by atoms with Crippen molar-refractivity contribution >= 4 is 27.0 Å². The van der Waals surface area contributed by atoms with Crippen molar-refractivity contribution in [3.8, 4) is 0 Å². The van der Waals surface area contributed by atoms with Crippen molar-refractivity contribution in [2.45, 2.75) is 65.2 Å². The maximum Gasteiger partial charge on any atom is 0.325 e. The number of amides is 2. The van der Waals surface area contributed by atoms with E-state index < -0.39 is 8.32 Å². The topological polar surface area (TPSA) is 32.8 Å². The normalized spacial score (nSPS) is 12.2. The molecule has 4 nitrogen and oxygen atoms in total. The van der Waals surface area contributed by atoms with Gasteiger partial charge in [-0.15, -0.1) is 12.6 Å². The van der Waals surface area contributed by atoms with Crippen molar-refractivity contribution in [2.24, 2.45) is 0 Å². The fourth-order valence-corrected chi connectivity index (χ4v) is 3.83. The summed E-state index contributed by atoms with van der Waals surface area (Å²) in [6, 6.07) is 6.41. The summed E-state index contributed by atoms with van der Waals surface area (Å²) in [5.74, 6) is -0.270. The van der Waals surface area contributed by atoms with Crippen LogP contribution in [0.2, 0.25) is 18.1 Å². The van der Waals surface area contributed by atoms with Gasteiger partial charge in [0, 0.05) is 19.1 Å². The molecule has 0 bridgehead atoms. The molecule has 1 aromatic rings. The standard InChI is InChI=1S/C22H37FN2O2SSi/c1-17(2)24(15-16-27-29(7,8)22(4,5)6)21(26)25(18(3)28)14-13-19-11-9-10-12-20(19)23/h9-12,17,28H,3,13-16H2,1-2,4-8H3. The highest BCUT2D eigenvalue weighted by molar-refractivity contribution is 7.84. The zero-order valence-corrected chi connectivity index (χ0v) is 20.9. The lowest BCUT2D eigenvalue weighted by atomic mass is 10.1. The van der Waals surface area contributed by atoms with Gasteiger partial charge in [-0.05, 0) is 50.0 Å². The number of nitrogens with zero attached hydrogens (tertiary/aromatic N) is 2. The molecular formula is C22H37FN2O2SSi. The van der Waals surface area contributed by atoms with E-state index in [-0.39, 0.29) is 22.9 Å². The third-order valence-electron chi connectivity index (χ3n) is 5.58. The van der Waals surface area contributed by atoms with Gasteiger partial charge in [-0.3, -0.25) is 4.90 Å². The summed E-state index contributed by atoms with van der Waals surface area (Å²) in [5.41, 5.74) is 0.567. The van der Waals surface area contributed by atoms with Crippen LogP contribution in [0.1, 0.15) is 40.2 Å². The van der Waals surface area contributed by atoms with E-state index in [9.17, 15) is 9.18 Å². The van der Waals surface area contributed by atoms with Crippen LogP contribution in [0.15, 0.2) is 35.9 Å². The van der Waals surface area contributed by atoms with Gasteiger partial charge in [-0.2, -0.15) is 0 Å². The fourth-order valence-electron chi connectivity index (χ4n) is 2.61. The number of carbonyl (C=O) groups excluding carboxylic acids is 1. The number of hydrogen-bond donors (Lipinski definition) is 1. The molecule has 0 fully saturated rings. The molecule has 0 aromatic heterocycles. The van der Waals surface area contributed by atoms with Gasteiger partial charge in [0.05, 0.1) is 11.6 Å². The third-order valence-corrected chi connectivity index (χ3v) is 10.4. The van der Waals surface area contributed by atoms with Crippen LogP contribution in [-0.2, 0) is 10.8 Å². The molecule has 0 saturated heterocycles. The molecule has 0 atom stereocenters. The number of thiol groups is 1. The lowest BCUT2D eigenvalue weighted by Crippen LogP contribution is -2.49. The van der Waals surface area contributed by atoms with Crippen molar-refractivity contribution in [2.75, 3.05) is 19.7 Å². The van der Waals surface area contributed by atoms with Crippen molar-refractivity contribution in [1.82, 2.24) is 9.80 Å². The first-order valence-corrected chi connectivity index (χ1v) is 13.5. The first-order valence-electron chi connectivity index (χ1n) is 10.1. The average Bonchev–Trinajstić information content (AvgIpc) is 2.58. The van der Waals surface area contributed by atoms with Gasteiger partial charge in [0.1, 0.15) is 5.82 Å². The molecule has 0 aliphatic rings. The molecule has 0 heterocycles. The SMILES string of the molecule is C=C(S)N(CCc1ccccc1F)C(=O)N(CCO[Si](C)(C)C(C)(C)C)C(C)C. The maximum atomic E-state index is 13.9. The minimum Gasteiger partial charge on any atom is -0.415 e. The van der Waals surface area contributed by atoms with E-state index in [0.717, 1.165) is 0 Å². The number of benzene rings is 1. The molecule has 164 valence electrons. The average molecular weight is 441 g/mol. The number of hydrogen-bond acceptors (Lipinski definition) is 3. The Labute approximate surface area is 182 Å². The van der Waals surface area contributed by atoms with Crippen LogP contribution in [0, 0.1) is 5.82 Å². The Hall–Kier alpha value is -1.31. The summed E-state index contributed by atoms with van der Waals surface area (Å²) in [6.45, 7) is 20.0. The zero-order chi connectivity index (χ0) is 22.4. The maximum absolute atomic E-state index is 13.9. The van der Waals surface area contributed by atoms with E-state index in [1.54, 1.807) is 23.1 Å². The predicted octanol–water partition coefficient (Wildman–Crippen LogP) is 5.92. The van der Waals surface area contributed by atoms with Gasteiger partial charge in [-0.1, -0.05) is 45.5 Å². The first kappa shape index (κ1) is 25.7. The number of carbonyl (C=O) groups is 1. The summed E-state index contributed by atoms with van der Waals surface area (Å²) in [6.07, 6.45) is 0.393. The summed E-state index contributed by atoms with van der Waals surface area (Å²) >= 11 is 4.31. The van der Waals surface area contributed by atoms with E-state index in [1.165, 1.54) is 11.0 Å². The van der Waals surface area contributed by atoms with Gasteiger partial charge in [0.15, 0.2) is 8.32 Å². The number of rotatable bonds is 9. The second-order valence-corrected chi connectivity index (χ2v) is 14.4. The Morgan fingerprint density at radius 3 is 2.31 bits per heavy atom. The number of urea groups is 1. The molecular weight excluding hydrogens is 403 g/mol. The lowest BCUT2D eigenvalue weighted by Gasteiger charge is -2.38. The van der Waals surface area contributed by atoms with Crippen LogP contribution in [0.3, 0.4) is 0 Å². The molecule has 2 amide bonds. The molecule has 0 radical (unpaired) electrons. The molecule has 7 heteroatoms. The minimum atomic E-state index is -1.88. The third kappa shape index (κ3) is 7.46. The second-order valence-electron chi connectivity index (χ2n) is 9.09.